The summed E-state index contributed by atoms with van der Waals surface area (Å²) in [7, 11) is 0. The second kappa shape index (κ2) is 9.33. The SMILES string of the molecule is CCCN1C(=O)C(Nc2ccc(OC(F)(F)F)cc2)=C(c2ccc(OC(C)C)cc2)C1=O. The summed E-state index contributed by atoms with van der Waals surface area (Å²) in [5, 5.41) is 2.89. The summed E-state index contributed by atoms with van der Waals surface area (Å²) in [5.41, 5.74) is 1.12. The number of halogens is 3. The van der Waals surface area contributed by atoms with Gasteiger partial charge in [-0.15, -0.1) is 13.2 Å². The Morgan fingerprint density at radius 3 is 2.06 bits per heavy atom. The fourth-order valence-corrected chi connectivity index (χ4v) is 3.24. The molecule has 0 bridgehead atoms. The lowest BCUT2D eigenvalue weighted by molar-refractivity contribution is -0.274. The number of nitrogens with one attached hydrogen (secondary N) is 1. The first-order valence-corrected chi connectivity index (χ1v) is 10.1. The predicted molar refractivity (Wildman–Crippen MR) is 113 cm³/mol. The van der Waals surface area contributed by atoms with Crippen molar-refractivity contribution in [3.05, 3.63) is 59.8 Å². The van der Waals surface area contributed by atoms with Crippen molar-refractivity contribution in [3.8, 4) is 11.5 Å². The Bertz CT molecular complexity index is 1010. The number of nitrogens with zero attached hydrogens (tertiary/aromatic N) is 1. The molecule has 1 N–H and O–H groups in total. The molecule has 0 aliphatic carbocycles. The third-order valence-electron chi connectivity index (χ3n) is 4.49. The Hall–Kier alpha value is -3.49. The van der Waals surface area contributed by atoms with Gasteiger partial charge in [-0.3, -0.25) is 14.5 Å². The number of anilines is 1. The number of amides is 2. The van der Waals surface area contributed by atoms with E-state index in [1.165, 1.54) is 12.1 Å². The first kappa shape index (κ1) is 23.2. The van der Waals surface area contributed by atoms with E-state index in [9.17, 15) is 22.8 Å². The average molecular weight is 448 g/mol. The highest BCUT2D eigenvalue weighted by molar-refractivity contribution is 6.36. The smallest absolute Gasteiger partial charge is 0.491 e. The third-order valence-corrected chi connectivity index (χ3v) is 4.49. The van der Waals surface area contributed by atoms with Crippen molar-refractivity contribution in [2.45, 2.75) is 39.7 Å². The average Bonchev–Trinajstić information content (AvgIpc) is 2.93. The van der Waals surface area contributed by atoms with E-state index in [4.69, 9.17) is 4.74 Å². The molecule has 0 radical (unpaired) electrons. The van der Waals surface area contributed by atoms with Crippen LogP contribution in [0.3, 0.4) is 0 Å². The predicted octanol–water partition coefficient (Wildman–Crippen LogP) is 4.97. The molecule has 1 aliphatic rings. The van der Waals surface area contributed by atoms with Crippen LogP contribution in [0.5, 0.6) is 11.5 Å². The van der Waals surface area contributed by atoms with Crippen LogP contribution in [0.2, 0.25) is 0 Å². The van der Waals surface area contributed by atoms with Crippen LogP contribution >= 0.6 is 0 Å². The molecule has 1 heterocycles. The zero-order chi connectivity index (χ0) is 23.5. The van der Waals surface area contributed by atoms with Crippen LogP contribution in [0.1, 0.15) is 32.8 Å². The first-order valence-electron chi connectivity index (χ1n) is 10.1. The monoisotopic (exact) mass is 448 g/mol. The molecular formula is C23H23F3N2O4. The van der Waals surface area contributed by atoms with E-state index in [1.807, 2.05) is 20.8 Å². The molecule has 9 heteroatoms. The number of imide groups is 1. The first-order chi connectivity index (χ1) is 15.1. The summed E-state index contributed by atoms with van der Waals surface area (Å²) in [5.74, 6) is -0.695. The molecule has 0 saturated carbocycles. The topological polar surface area (TPSA) is 67.9 Å². The second-order valence-corrected chi connectivity index (χ2v) is 7.40. The normalized spacial score (nSPS) is 14.4. The molecule has 0 aromatic heterocycles. The van der Waals surface area contributed by atoms with Gasteiger partial charge in [0.15, 0.2) is 0 Å². The van der Waals surface area contributed by atoms with Crippen LogP contribution in [-0.4, -0.2) is 35.7 Å². The van der Waals surface area contributed by atoms with Gasteiger partial charge in [-0.2, -0.15) is 0 Å². The molecule has 0 fully saturated rings. The number of carbonyl (C=O) groups excluding carboxylic acids is 2. The standard InChI is InChI=1S/C23H23F3N2O4/c1-4-13-28-21(29)19(15-5-9-17(10-6-15)31-14(2)3)20(22(28)30)27-16-7-11-18(12-8-16)32-23(24,25)26/h5-12,14,27H,4,13H2,1-3H3. The van der Waals surface area contributed by atoms with Gasteiger partial charge in [0.25, 0.3) is 11.8 Å². The molecule has 6 nitrogen and oxygen atoms in total. The summed E-state index contributed by atoms with van der Waals surface area (Å²) >= 11 is 0. The van der Waals surface area contributed by atoms with Crippen LogP contribution in [0.15, 0.2) is 54.2 Å². The summed E-state index contributed by atoms with van der Waals surface area (Å²) in [6.45, 7) is 5.89. The van der Waals surface area contributed by atoms with Gasteiger partial charge in [-0.1, -0.05) is 19.1 Å². The number of carbonyl (C=O) groups is 2. The van der Waals surface area contributed by atoms with Crippen molar-refractivity contribution in [2.24, 2.45) is 0 Å². The lowest BCUT2D eigenvalue weighted by atomic mass is 10.0. The van der Waals surface area contributed by atoms with Crippen LogP contribution in [0.25, 0.3) is 5.57 Å². The Morgan fingerprint density at radius 1 is 0.938 bits per heavy atom. The quantitative estimate of drug-likeness (QED) is 0.578. The zero-order valence-corrected chi connectivity index (χ0v) is 17.8. The summed E-state index contributed by atoms with van der Waals surface area (Å²) < 4.78 is 46.6. The van der Waals surface area contributed by atoms with Crippen LogP contribution in [0.4, 0.5) is 18.9 Å². The minimum atomic E-state index is -4.80. The molecule has 2 aromatic rings. The van der Waals surface area contributed by atoms with Crippen molar-refractivity contribution in [2.75, 3.05) is 11.9 Å². The van der Waals surface area contributed by atoms with Crippen LogP contribution in [-0.2, 0) is 9.59 Å². The van der Waals surface area contributed by atoms with Gasteiger partial charge in [-0.25, -0.2) is 0 Å². The number of alkyl halides is 3. The van der Waals surface area contributed by atoms with Gasteiger partial charge in [0, 0.05) is 12.2 Å². The maximum atomic E-state index is 13.0. The molecule has 0 atom stereocenters. The number of hydrogen-bond donors (Lipinski definition) is 1. The Morgan fingerprint density at radius 2 is 1.53 bits per heavy atom. The van der Waals surface area contributed by atoms with Gasteiger partial charge < -0.3 is 14.8 Å². The minimum Gasteiger partial charge on any atom is -0.491 e. The summed E-state index contributed by atoms with van der Waals surface area (Å²) in [6, 6.07) is 11.7. The van der Waals surface area contributed by atoms with Crippen molar-refractivity contribution < 1.29 is 32.2 Å². The van der Waals surface area contributed by atoms with Gasteiger partial charge in [0.05, 0.1) is 11.7 Å². The van der Waals surface area contributed by atoms with E-state index >= 15 is 0 Å². The number of ether oxygens (including phenoxy) is 2. The Labute approximate surface area is 183 Å². The lowest BCUT2D eigenvalue weighted by Crippen LogP contribution is -2.33. The lowest BCUT2D eigenvalue weighted by Gasteiger charge is -2.14. The molecule has 32 heavy (non-hydrogen) atoms. The molecule has 2 amide bonds. The van der Waals surface area contributed by atoms with Crippen molar-refractivity contribution in [1.29, 1.82) is 0 Å². The highest BCUT2D eigenvalue weighted by Gasteiger charge is 2.38. The summed E-state index contributed by atoms with van der Waals surface area (Å²) in [6.07, 6.45) is -4.23. The fraction of sp³-hybridized carbons (Fsp3) is 0.304. The Balaban J connectivity index is 1.93. The van der Waals surface area contributed by atoms with Crippen molar-refractivity contribution in [3.63, 3.8) is 0 Å². The Kier molecular flexibility index (Phi) is 6.76. The number of hydrogen-bond acceptors (Lipinski definition) is 5. The van der Waals surface area contributed by atoms with Crippen LogP contribution in [0, 0.1) is 0 Å². The fourth-order valence-electron chi connectivity index (χ4n) is 3.24. The van der Waals surface area contributed by atoms with Crippen LogP contribution < -0.4 is 14.8 Å². The molecule has 0 spiro atoms. The third kappa shape index (κ3) is 5.40. The number of rotatable bonds is 8. The molecule has 0 saturated heterocycles. The molecular weight excluding hydrogens is 425 g/mol. The maximum Gasteiger partial charge on any atom is 0.573 e. The molecule has 0 unspecified atom stereocenters. The molecule has 3 rings (SSSR count). The minimum absolute atomic E-state index is 0.0173. The largest absolute Gasteiger partial charge is 0.573 e. The maximum absolute atomic E-state index is 13.0. The van der Waals surface area contributed by atoms with E-state index in [1.54, 1.807) is 24.3 Å². The van der Waals surface area contributed by atoms with E-state index in [2.05, 4.69) is 10.1 Å². The summed E-state index contributed by atoms with van der Waals surface area (Å²) in [4.78, 5) is 27.1. The highest BCUT2D eigenvalue weighted by atomic mass is 19.4. The molecule has 170 valence electrons. The highest BCUT2D eigenvalue weighted by Crippen LogP contribution is 2.32. The van der Waals surface area contributed by atoms with Crippen molar-refractivity contribution in [1.82, 2.24) is 4.90 Å². The van der Waals surface area contributed by atoms with E-state index in [-0.39, 0.29) is 29.7 Å². The van der Waals surface area contributed by atoms with Gasteiger partial charge in [0.2, 0.25) is 0 Å². The van der Waals surface area contributed by atoms with E-state index in [0.29, 0.717) is 23.4 Å². The molecule has 2 aromatic carbocycles. The number of benzene rings is 2. The van der Waals surface area contributed by atoms with Gasteiger partial charge in [-0.05, 0) is 62.2 Å². The molecule has 1 aliphatic heterocycles. The zero-order valence-electron chi connectivity index (χ0n) is 17.8. The van der Waals surface area contributed by atoms with E-state index in [0.717, 1.165) is 17.0 Å². The van der Waals surface area contributed by atoms with Gasteiger partial charge >= 0.3 is 6.36 Å². The van der Waals surface area contributed by atoms with Crippen molar-refractivity contribution >= 4 is 23.1 Å². The van der Waals surface area contributed by atoms with E-state index < -0.39 is 18.2 Å². The van der Waals surface area contributed by atoms with Gasteiger partial charge in [0.1, 0.15) is 17.2 Å². The second-order valence-electron chi connectivity index (χ2n) is 7.40.